The summed E-state index contributed by atoms with van der Waals surface area (Å²) in [5.74, 6) is 0. The molecule has 2 aromatic heterocycles. The zero-order valence-corrected chi connectivity index (χ0v) is 14.7. The fourth-order valence-electron chi connectivity index (χ4n) is 3.34. The molecule has 2 saturated carbocycles. The number of rotatable bonds is 3. The minimum atomic E-state index is -0.516. The molecule has 8 nitrogen and oxygen atoms in total. The van der Waals surface area contributed by atoms with E-state index in [-0.39, 0.29) is 23.8 Å². The molecule has 2 heterocycles. The first kappa shape index (κ1) is 16.1. The molecule has 25 heavy (non-hydrogen) atoms. The molecule has 0 atom stereocenters. The molecular formula is C17H23N5O3. The molecule has 1 N–H and O–H groups in total. The minimum Gasteiger partial charge on any atom is -0.444 e. The van der Waals surface area contributed by atoms with Crippen molar-refractivity contribution in [2.75, 3.05) is 0 Å². The van der Waals surface area contributed by atoms with Crippen LogP contribution in [0.3, 0.4) is 0 Å². The van der Waals surface area contributed by atoms with Gasteiger partial charge in [-0.3, -0.25) is 9.13 Å². The smallest absolute Gasteiger partial charge is 0.407 e. The van der Waals surface area contributed by atoms with E-state index in [1.165, 1.54) is 0 Å². The third-order valence-electron chi connectivity index (χ3n) is 4.64. The summed E-state index contributed by atoms with van der Waals surface area (Å²) in [7, 11) is 0. The molecule has 2 aliphatic rings. The van der Waals surface area contributed by atoms with Crippen LogP contribution in [-0.4, -0.2) is 36.8 Å². The number of carbonyl (C=O) groups excluding carboxylic acids is 1. The fourth-order valence-corrected chi connectivity index (χ4v) is 3.34. The van der Waals surface area contributed by atoms with Crippen LogP contribution in [0.25, 0.3) is 11.3 Å². The minimum absolute atomic E-state index is 0.0164. The van der Waals surface area contributed by atoms with Crippen LogP contribution in [0.15, 0.2) is 17.2 Å². The van der Waals surface area contributed by atoms with E-state index < -0.39 is 11.7 Å². The van der Waals surface area contributed by atoms with Gasteiger partial charge >= 0.3 is 11.8 Å². The SMILES string of the molecule is CC(C)(C)OC(=O)N[C@H]1C[C@H](n2c(=O)n(C3CC3)c3nccnc32)C1. The standard InChI is InChI=1S/C17H23N5O3/c1-17(2,3)25-15(23)20-10-8-12(9-10)22-14-13(18-6-7-19-14)21(16(22)24)11-4-5-11/h6-7,10-12H,4-5,8-9H2,1-3H3,(H,20,23)/t10-,12-. The van der Waals surface area contributed by atoms with Gasteiger partial charge in [-0.05, 0) is 46.5 Å². The number of amides is 1. The highest BCUT2D eigenvalue weighted by atomic mass is 16.6. The van der Waals surface area contributed by atoms with Crippen LogP contribution < -0.4 is 11.0 Å². The Morgan fingerprint density at radius 3 is 2.20 bits per heavy atom. The Labute approximate surface area is 145 Å². The van der Waals surface area contributed by atoms with Crippen LogP contribution in [-0.2, 0) is 4.74 Å². The highest BCUT2D eigenvalue weighted by molar-refractivity contribution is 5.69. The number of nitrogens with one attached hydrogen (secondary N) is 1. The lowest BCUT2D eigenvalue weighted by atomic mass is 9.86. The van der Waals surface area contributed by atoms with Crippen molar-refractivity contribution >= 4 is 17.4 Å². The summed E-state index contributed by atoms with van der Waals surface area (Å²) < 4.78 is 8.80. The normalized spacial score (nSPS) is 23.3. The predicted molar refractivity (Wildman–Crippen MR) is 91.5 cm³/mol. The van der Waals surface area contributed by atoms with Gasteiger partial charge in [0.15, 0.2) is 11.3 Å². The van der Waals surface area contributed by atoms with Crippen molar-refractivity contribution < 1.29 is 9.53 Å². The maximum Gasteiger partial charge on any atom is 0.407 e. The van der Waals surface area contributed by atoms with Crippen LogP contribution in [0.1, 0.15) is 58.5 Å². The van der Waals surface area contributed by atoms with Crippen molar-refractivity contribution in [2.45, 2.75) is 70.2 Å². The molecule has 0 aromatic carbocycles. The highest BCUT2D eigenvalue weighted by Gasteiger charge is 2.38. The Bertz CT molecular complexity index is 869. The van der Waals surface area contributed by atoms with Gasteiger partial charge in [0.25, 0.3) is 0 Å². The first-order valence-corrected chi connectivity index (χ1v) is 8.76. The first-order valence-electron chi connectivity index (χ1n) is 8.76. The van der Waals surface area contributed by atoms with Gasteiger partial charge in [0, 0.05) is 30.5 Å². The molecule has 0 radical (unpaired) electrons. The van der Waals surface area contributed by atoms with Crippen LogP contribution in [0.2, 0.25) is 0 Å². The molecule has 4 rings (SSSR count). The van der Waals surface area contributed by atoms with Crippen LogP contribution >= 0.6 is 0 Å². The molecule has 1 amide bonds. The molecule has 8 heteroatoms. The summed E-state index contributed by atoms with van der Waals surface area (Å²) in [6, 6.07) is 0.304. The number of aromatic nitrogens is 4. The van der Waals surface area contributed by atoms with E-state index in [2.05, 4.69) is 15.3 Å². The quantitative estimate of drug-likeness (QED) is 0.920. The topological polar surface area (TPSA) is 91.0 Å². The van der Waals surface area contributed by atoms with Gasteiger partial charge in [-0.25, -0.2) is 19.6 Å². The second-order valence-corrected chi connectivity index (χ2v) is 7.93. The lowest BCUT2D eigenvalue weighted by Gasteiger charge is -2.36. The maximum absolute atomic E-state index is 12.9. The second-order valence-electron chi connectivity index (χ2n) is 7.93. The number of fused-ring (bicyclic) bond motifs is 1. The van der Waals surface area contributed by atoms with E-state index in [0.29, 0.717) is 24.1 Å². The largest absolute Gasteiger partial charge is 0.444 e. The average molecular weight is 345 g/mol. The molecular weight excluding hydrogens is 322 g/mol. The third-order valence-corrected chi connectivity index (χ3v) is 4.64. The zero-order valence-electron chi connectivity index (χ0n) is 14.7. The Balaban J connectivity index is 1.51. The summed E-state index contributed by atoms with van der Waals surface area (Å²) >= 11 is 0. The molecule has 0 unspecified atom stereocenters. The zero-order chi connectivity index (χ0) is 17.8. The van der Waals surface area contributed by atoms with E-state index >= 15 is 0 Å². The van der Waals surface area contributed by atoms with Crippen LogP contribution in [0.4, 0.5) is 4.79 Å². The monoisotopic (exact) mass is 345 g/mol. The Morgan fingerprint density at radius 1 is 1.12 bits per heavy atom. The number of imidazole rings is 1. The molecule has 2 aromatic rings. The summed E-state index contributed by atoms with van der Waals surface area (Å²) in [4.78, 5) is 33.5. The molecule has 0 bridgehead atoms. The number of nitrogens with zero attached hydrogens (tertiary/aromatic N) is 4. The van der Waals surface area contributed by atoms with Crippen molar-refractivity contribution in [3.63, 3.8) is 0 Å². The van der Waals surface area contributed by atoms with E-state index in [9.17, 15) is 9.59 Å². The van der Waals surface area contributed by atoms with Crippen molar-refractivity contribution in [3.8, 4) is 0 Å². The van der Waals surface area contributed by atoms with Crippen LogP contribution in [0, 0.1) is 0 Å². The lowest BCUT2D eigenvalue weighted by Crippen LogP contribution is -2.48. The Kier molecular flexibility index (Phi) is 3.59. The first-order chi connectivity index (χ1) is 11.8. The highest BCUT2D eigenvalue weighted by Crippen LogP contribution is 2.38. The van der Waals surface area contributed by atoms with E-state index in [1.807, 2.05) is 20.8 Å². The van der Waals surface area contributed by atoms with Gasteiger partial charge in [0.05, 0.1) is 0 Å². The molecule has 2 fully saturated rings. The van der Waals surface area contributed by atoms with Gasteiger partial charge in [0.1, 0.15) is 5.60 Å². The van der Waals surface area contributed by atoms with Crippen molar-refractivity contribution in [3.05, 3.63) is 22.9 Å². The molecule has 134 valence electrons. The third kappa shape index (κ3) is 3.01. The summed E-state index contributed by atoms with van der Waals surface area (Å²) in [6.07, 6.45) is 6.25. The summed E-state index contributed by atoms with van der Waals surface area (Å²) in [6.45, 7) is 5.50. The average Bonchev–Trinajstić information content (AvgIpc) is 3.25. The van der Waals surface area contributed by atoms with Crippen molar-refractivity contribution in [1.82, 2.24) is 24.4 Å². The number of carbonyl (C=O) groups is 1. The maximum atomic E-state index is 12.9. The number of hydrogen-bond acceptors (Lipinski definition) is 5. The van der Waals surface area contributed by atoms with Crippen molar-refractivity contribution in [2.24, 2.45) is 0 Å². The van der Waals surface area contributed by atoms with Gasteiger partial charge in [0.2, 0.25) is 0 Å². The van der Waals surface area contributed by atoms with Gasteiger partial charge in [-0.2, -0.15) is 0 Å². The van der Waals surface area contributed by atoms with E-state index in [0.717, 1.165) is 12.8 Å². The molecule has 0 aliphatic heterocycles. The Morgan fingerprint density at radius 2 is 1.68 bits per heavy atom. The number of ether oxygens (including phenoxy) is 1. The Hall–Kier alpha value is -2.38. The lowest BCUT2D eigenvalue weighted by molar-refractivity contribution is 0.0456. The van der Waals surface area contributed by atoms with Crippen molar-refractivity contribution in [1.29, 1.82) is 0 Å². The van der Waals surface area contributed by atoms with E-state index in [1.54, 1.807) is 21.5 Å². The molecule has 0 spiro atoms. The van der Waals surface area contributed by atoms with Gasteiger partial charge in [-0.1, -0.05) is 0 Å². The predicted octanol–water partition coefficient (Wildman–Crippen LogP) is 2.16. The molecule has 0 saturated heterocycles. The van der Waals surface area contributed by atoms with Crippen LogP contribution in [0.5, 0.6) is 0 Å². The summed E-state index contributed by atoms with van der Waals surface area (Å²) in [5, 5.41) is 2.86. The van der Waals surface area contributed by atoms with Gasteiger partial charge < -0.3 is 10.1 Å². The summed E-state index contributed by atoms with van der Waals surface area (Å²) in [5.41, 5.74) is 0.750. The van der Waals surface area contributed by atoms with E-state index in [4.69, 9.17) is 4.74 Å². The fraction of sp³-hybridized carbons (Fsp3) is 0.647. The number of hydrogen-bond donors (Lipinski definition) is 1. The second kappa shape index (κ2) is 5.57. The van der Waals surface area contributed by atoms with Gasteiger partial charge in [-0.15, -0.1) is 0 Å². The molecule has 2 aliphatic carbocycles. The number of alkyl carbamates (subject to hydrolysis) is 1.